The number of nitrogens with two attached hydrogens (primary N) is 1. The van der Waals surface area contributed by atoms with E-state index in [9.17, 15) is 9.90 Å². The second-order valence-corrected chi connectivity index (χ2v) is 4.98. The molecule has 0 bridgehead atoms. The highest BCUT2D eigenvalue weighted by molar-refractivity contribution is 6.33. The summed E-state index contributed by atoms with van der Waals surface area (Å²) >= 11 is 6.00. The quantitative estimate of drug-likeness (QED) is 0.734. The van der Waals surface area contributed by atoms with Gasteiger partial charge in [-0.1, -0.05) is 25.4 Å². The number of hydrogen-bond acceptors (Lipinski definition) is 4. The van der Waals surface area contributed by atoms with Gasteiger partial charge in [0.05, 0.1) is 23.2 Å². The van der Waals surface area contributed by atoms with Crippen LogP contribution in [0.25, 0.3) is 0 Å². The van der Waals surface area contributed by atoms with E-state index in [0.717, 1.165) is 6.42 Å². The van der Waals surface area contributed by atoms with Crippen LogP contribution in [0, 0.1) is 5.92 Å². The molecule has 1 rings (SSSR count). The standard InChI is InChI=1S/C12H18ClN3O2/c1-7(2)3-9(6-17)16-12-10(13)4-8(5-15-12)11(14)18/h4-5,7,9,17H,3,6H2,1-2H3,(H2,14,18)(H,15,16). The van der Waals surface area contributed by atoms with Crippen LogP contribution in [0.4, 0.5) is 5.82 Å². The first-order valence-electron chi connectivity index (χ1n) is 5.76. The van der Waals surface area contributed by atoms with E-state index in [-0.39, 0.29) is 18.2 Å². The zero-order valence-corrected chi connectivity index (χ0v) is 11.2. The SMILES string of the molecule is CC(C)CC(CO)Nc1ncc(C(N)=O)cc1Cl. The highest BCUT2D eigenvalue weighted by Crippen LogP contribution is 2.21. The van der Waals surface area contributed by atoms with Gasteiger partial charge in [-0.05, 0) is 18.4 Å². The summed E-state index contributed by atoms with van der Waals surface area (Å²) in [7, 11) is 0. The number of nitrogens with zero attached hydrogens (tertiary/aromatic N) is 1. The second kappa shape index (κ2) is 6.56. The predicted molar refractivity (Wildman–Crippen MR) is 71.7 cm³/mol. The zero-order chi connectivity index (χ0) is 13.7. The maximum Gasteiger partial charge on any atom is 0.250 e. The minimum absolute atomic E-state index is 0.00619. The third-order valence-electron chi connectivity index (χ3n) is 2.44. The van der Waals surface area contributed by atoms with E-state index < -0.39 is 5.91 Å². The van der Waals surface area contributed by atoms with Crippen molar-refractivity contribution in [3.63, 3.8) is 0 Å². The van der Waals surface area contributed by atoms with Gasteiger partial charge in [0, 0.05) is 6.20 Å². The van der Waals surface area contributed by atoms with Crippen molar-refractivity contribution in [2.75, 3.05) is 11.9 Å². The van der Waals surface area contributed by atoms with Gasteiger partial charge in [0.25, 0.3) is 0 Å². The molecule has 0 aromatic carbocycles. The highest BCUT2D eigenvalue weighted by Gasteiger charge is 2.13. The normalized spacial score (nSPS) is 12.5. The molecule has 1 unspecified atom stereocenters. The largest absolute Gasteiger partial charge is 0.394 e. The second-order valence-electron chi connectivity index (χ2n) is 4.57. The van der Waals surface area contributed by atoms with Gasteiger partial charge in [0.1, 0.15) is 5.82 Å². The molecule has 0 spiro atoms. The zero-order valence-electron chi connectivity index (χ0n) is 10.5. The third kappa shape index (κ3) is 4.16. The molecule has 6 heteroatoms. The molecule has 0 saturated heterocycles. The first kappa shape index (κ1) is 14.7. The van der Waals surface area contributed by atoms with Gasteiger partial charge in [0.15, 0.2) is 0 Å². The summed E-state index contributed by atoms with van der Waals surface area (Å²) in [5, 5.41) is 12.6. The van der Waals surface area contributed by atoms with Gasteiger partial charge in [-0.15, -0.1) is 0 Å². The van der Waals surface area contributed by atoms with E-state index in [2.05, 4.69) is 24.1 Å². The Morgan fingerprint density at radius 1 is 1.61 bits per heavy atom. The van der Waals surface area contributed by atoms with Gasteiger partial charge in [-0.2, -0.15) is 0 Å². The fraction of sp³-hybridized carbons (Fsp3) is 0.500. The van der Waals surface area contributed by atoms with Crippen LogP contribution in [0.1, 0.15) is 30.6 Å². The van der Waals surface area contributed by atoms with Crippen molar-refractivity contribution in [1.29, 1.82) is 0 Å². The van der Waals surface area contributed by atoms with E-state index in [1.807, 2.05) is 0 Å². The minimum Gasteiger partial charge on any atom is -0.394 e. The average molecular weight is 272 g/mol. The van der Waals surface area contributed by atoms with Crippen molar-refractivity contribution < 1.29 is 9.90 Å². The number of hydrogen-bond donors (Lipinski definition) is 3. The summed E-state index contributed by atoms with van der Waals surface area (Å²) in [6.45, 7) is 4.12. The molecule has 100 valence electrons. The van der Waals surface area contributed by atoms with Crippen LogP contribution in [-0.2, 0) is 0 Å². The summed E-state index contributed by atoms with van der Waals surface area (Å²) in [6.07, 6.45) is 2.16. The molecule has 0 fully saturated rings. The van der Waals surface area contributed by atoms with Crippen LogP contribution in [0.5, 0.6) is 0 Å². The number of rotatable bonds is 6. The van der Waals surface area contributed by atoms with Gasteiger partial charge in [-0.3, -0.25) is 4.79 Å². The number of aliphatic hydroxyl groups is 1. The smallest absolute Gasteiger partial charge is 0.250 e. The molecule has 0 radical (unpaired) electrons. The fourth-order valence-corrected chi connectivity index (χ4v) is 1.84. The lowest BCUT2D eigenvalue weighted by molar-refractivity contribution is 0.1000. The summed E-state index contributed by atoms with van der Waals surface area (Å²) in [4.78, 5) is 15.0. The van der Waals surface area contributed by atoms with Crippen LogP contribution in [0.15, 0.2) is 12.3 Å². The van der Waals surface area contributed by atoms with Gasteiger partial charge in [-0.25, -0.2) is 4.98 Å². The molecule has 1 atom stereocenters. The van der Waals surface area contributed by atoms with Crippen molar-refractivity contribution in [3.8, 4) is 0 Å². The average Bonchev–Trinajstić information content (AvgIpc) is 2.29. The Labute approximate surface area is 111 Å². The molecule has 18 heavy (non-hydrogen) atoms. The molecular formula is C12H18ClN3O2. The monoisotopic (exact) mass is 271 g/mol. The maximum absolute atomic E-state index is 11.0. The molecule has 1 amide bonds. The molecule has 5 nitrogen and oxygen atoms in total. The van der Waals surface area contributed by atoms with Gasteiger partial charge < -0.3 is 16.2 Å². The molecule has 0 saturated carbocycles. The predicted octanol–water partition coefficient (Wildman–Crippen LogP) is 1.65. The Morgan fingerprint density at radius 3 is 2.72 bits per heavy atom. The number of amides is 1. The number of anilines is 1. The molecule has 1 heterocycles. The van der Waals surface area contributed by atoms with E-state index in [1.165, 1.54) is 12.3 Å². The van der Waals surface area contributed by atoms with Crippen molar-refractivity contribution in [3.05, 3.63) is 22.8 Å². The topological polar surface area (TPSA) is 88.2 Å². The summed E-state index contributed by atoms with van der Waals surface area (Å²) in [6, 6.07) is 1.35. The van der Waals surface area contributed by atoms with E-state index in [4.69, 9.17) is 17.3 Å². The van der Waals surface area contributed by atoms with E-state index in [1.54, 1.807) is 0 Å². The fourth-order valence-electron chi connectivity index (χ4n) is 1.62. The Hall–Kier alpha value is -1.33. The Kier molecular flexibility index (Phi) is 5.37. The summed E-state index contributed by atoms with van der Waals surface area (Å²) in [5.41, 5.74) is 5.39. The first-order valence-corrected chi connectivity index (χ1v) is 6.14. The first-order chi connectivity index (χ1) is 8.43. The number of aliphatic hydroxyl groups excluding tert-OH is 1. The molecule has 0 aliphatic carbocycles. The van der Waals surface area contributed by atoms with Crippen molar-refractivity contribution in [2.24, 2.45) is 11.7 Å². The van der Waals surface area contributed by atoms with E-state index in [0.29, 0.717) is 16.8 Å². The molecule has 0 aliphatic heterocycles. The minimum atomic E-state index is -0.572. The number of primary amides is 1. The van der Waals surface area contributed by atoms with Crippen LogP contribution in [-0.4, -0.2) is 28.6 Å². The molecular weight excluding hydrogens is 254 g/mol. The lowest BCUT2D eigenvalue weighted by Gasteiger charge is -2.19. The Morgan fingerprint density at radius 2 is 2.28 bits per heavy atom. The van der Waals surface area contributed by atoms with Gasteiger partial charge >= 0.3 is 0 Å². The maximum atomic E-state index is 11.0. The highest BCUT2D eigenvalue weighted by atomic mass is 35.5. The van der Waals surface area contributed by atoms with Crippen molar-refractivity contribution in [2.45, 2.75) is 26.3 Å². The van der Waals surface area contributed by atoms with Crippen LogP contribution >= 0.6 is 11.6 Å². The molecule has 0 aliphatic rings. The number of pyridine rings is 1. The van der Waals surface area contributed by atoms with Crippen LogP contribution in [0.2, 0.25) is 5.02 Å². The molecule has 4 N–H and O–H groups in total. The lowest BCUT2D eigenvalue weighted by atomic mass is 10.0. The summed E-state index contributed by atoms with van der Waals surface area (Å²) < 4.78 is 0. The molecule has 1 aromatic rings. The van der Waals surface area contributed by atoms with Crippen LogP contribution in [0.3, 0.4) is 0 Å². The number of carbonyl (C=O) groups excluding carboxylic acids is 1. The van der Waals surface area contributed by atoms with E-state index >= 15 is 0 Å². The van der Waals surface area contributed by atoms with Gasteiger partial charge in [0.2, 0.25) is 5.91 Å². The van der Waals surface area contributed by atoms with Crippen molar-refractivity contribution in [1.82, 2.24) is 4.98 Å². The van der Waals surface area contributed by atoms with Crippen molar-refractivity contribution >= 4 is 23.3 Å². The number of carbonyl (C=O) groups is 1. The molecule has 1 aromatic heterocycles. The third-order valence-corrected chi connectivity index (χ3v) is 2.73. The van der Waals surface area contributed by atoms with Crippen LogP contribution < -0.4 is 11.1 Å². The number of nitrogens with one attached hydrogen (secondary N) is 1. The number of aromatic nitrogens is 1. The lowest BCUT2D eigenvalue weighted by Crippen LogP contribution is -2.26. The Bertz CT molecular complexity index is 424. The summed E-state index contributed by atoms with van der Waals surface area (Å²) in [5.74, 6) is 0.316. The number of halogens is 1. The Balaban J connectivity index is 2.80.